The summed E-state index contributed by atoms with van der Waals surface area (Å²) in [5.74, 6) is 0. The molecular weight excluding hydrogens is 381 g/mol. The standard InChI is InChI=1S/C9H23NO7P2.3Na.H2O.3H/c1-3-4-5-7-10(2)8-6-9(11,18(12,13)14)19(15,16)17;;;;;;;/h11H,3-8H2,1-2H3,(H2,12,13,14)(H2,15,16,17);;;;1H2;;;. The van der Waals surface area contributed by atoms with E-state index in [4.69, 9.17) is 19.6 Å². The van der Waals surface area contributed by atoms with Gasteiger partial charge in [0.25, 0.3) is 5.08 Å². The molecule has 0 bridgehead atoms. The molecule has 0 aliphatic heterocycles. The number of unbranched alkanes of at least 4 members (excludes halogenated alkanes) is 2. The van der Waals surface area contributed by atoms with Crippen molar-refractivity contribution in [3.05, 3.63) is 0 Å². The van der Waals surface area contributed by atoms with Crippen LogP contribution in [0.15, 0.2) is 0 Å². The summed E-state index contributed by atoms with van der Waals surface area (Å²) in [5, 5.41) is 6.35. The Morgan fingerprint density at radius 2 is 1.30 bits per heavy atom. The van der Waals surface area contributed by atoms with Gasteiger partial charge in [-0.05, 0) is 20.0 Å². The molecule has 0 aromatic rings. The van der Waals surface area contributed by atoms with Gasteiger partial charge in [-0.3, -0.25) is 9.13 Å². The number of aliphatic hydroxyl groups is 1. The zero-order chi connectivity index (χ0) is 15.3. The second-order valence-corrected chi connectivity index (χ2v) is 8.63. The van der Waals surface area contributed by atoms with E-state index in [1.54, 1.807) is 11.9 Å². The van der Waals surface area contributed by atoms with Crippen LogP contribution in [-0.4, -0.2) is 149 Å². The Morgan fingerprint density at radius 1 is 0.913 bits per heavy atom. The van der Waals surface area contributed by atoms with Crippen molar-refractivity contribution in [3.63, 3.8) is 0 Å². The van der Waals surface area contributed by atoms with Crippen LogP contribution >= 0.6 is 15.2 Å². The molecule has 14 heteroatoms. The van der Waals surface area contributed by atoms with Gasteiger partial charge in [0.2, 0.25) is 0 Å². The predicted octanol–water partition coefficient (Wildman–Crippen LogP) is -2.27. The van der Waals surface area contributed by atoms with E-state index in [2.05, 4.69) is 0 Å². The summed E-state index contributed by atoms with van der Waals surface area (Å²) < 4.78 is 22.2. The minimum absolute atomic E-state index is 0. The summed E-state index contributed by atoms with van der Waals surface area (Å²) in [6.07, 6.45) is 2.19. The maximum atomic E-state index is 11.1. The van der Waals surface area contributed by atoms with Crippen LogP contribution in [0.25, 0.3) is 0 Å². The molecule has 0 radical (unpaired) electrons. The van der Waals surface area contributed by atoms with Crippen LogP contribution in [0.1, 0.15) is 32.6 Å². The number of rotatable bonds is 9. The van der Waals surface area contributed by atoms with Gasteiger partial charge in [-0.1, -0.05) is 19.8 Å². The molecule has 0 spiro atoms. The van der Waals surface area contributed by atoms with Gasteiger partial charge in [0, 0.05) is 13.0 Å². The van der Waals surface area contributed by atoms with Crippen molar-refractivity contribution in [1.82, 2.24) is 4.90 Å². The molecule has 0 aromatic heterocycles. The first kappa shape index (κ1) is 37.0. The van der Waals surface area contributed by atoms with Crippen LogP contribution < -0.4 is 0 Å². The van der Waals surface area contributed by atoms with E-state index >= 15 is 0 Å². The fourth-order valence-corrected chi connectivity index (χ4v) is 3.69. The Bertz CT molecular complexity index is 356. The molecule has 0 amide bonds. The summed E-state index contributed by atoms with van der Waals surface area (Å²) in [6, 6.07) is 0. The SMILES string of the molecule is CCCCCN(C)CCC(O)(P(=O)(O)O)P(=O)(O)O.O.[NaH].[NaH].[NaH]. The molecule has 0 aliphatic rings. The van der Waals surface area contributed by atoms with Crippen molar-refractivity contribution < 1.29 is 39.3 Å². The summed E-state index contributed by atoms with van der Waals surface area (Å²) in [4.78, 5) is 37.5. The van der Waals surface area contributed by atoms with Crippen LogP contribution in [0.3, 0.4) is 0 Å². The molecule has 7 N–H and O–H groups in total. The molecule has 9 nitrogen and oxygen atoms in total. The second kappa shape index (κ2) is 16.2. The second-order valence-electron chi connectivity index (χ2n) is 4.62. The molecule has 0 fully saturated rings. The van der Waals surface area contributed by atoms with Gasteiger partial charge in [0.05, 0.1) is 0 Å². The average molecular weight is 409 g/mol. The molecule has 0 atom stereocenters. The third kappa shape index (κ3) is 13.1. The molecular formula is C9H28NNa3O8P2. The van der Waals surface area contributed by atoms with Crippen molar-refractivity contribution in [2.75, 3.05) is 20.1 Å². The third-order valence-electron chi connectivity index (χ3n) is 2.91. The first-order valence-electron chi connectivity index (χ1n) is 5.98. The molecule has 0 aliphatic carbocycles. The quantitative estimate of drug-likeness (QED) is 0.161. The minimum atomic E-state index is -5.33. The van der Waals surface area contributed by atoms with Crippen molar-refractivity contribution in [1.29, 1.82) is 0 Å². The first-order valence-corrected chi connectivity index (χ1v) is 9.20. The monoisotopic (exact) mass is 409 g/mol. The fraction of sp³-hybridized carbons (Fsp3) is 1.00. The molecule has 0 saturated carbocycles. The van der Waals surface area contributed by atoms with Crippen LogP contribution in [-0.2, 0) is 9.13 Å². The zero-order valence-electron chi connectivity index (χ0n) is 11.6. The van der Waals surface area contributed by atoms with Gasteiger partial charge in [-0.2, -0.15) is 0 Å². The Hall–Kier alpha value is 3.18. The van der Waals surface area contributed by atoms with E-state index in [-0.39, 0.29) is 101 Å². The van der Waals surface area contributed by atoms with Crippen molar-refractivity contribution >= 4 is 104 Å². The van der Waals surface area contributed by atoms with E-state index in [1.807, 2.05) is 6.92 Å². The molecule has 0 aromatic carbocycles. The zero-order valence-corrected chi connectivity index (χ0v) is 13.4. The van der Waals surface area contributed by atoms with E-state index in [0.717, 1.165) is 19.3 Å². The normalized spacial score (nSPS) is 11.7. The Balaban J connectivity index is -0.000000270. The van der Waals surface area contributed by atoms with Crippen LogP contribution in [0, 0.1) is 0 Å². The summed E-state index contributed by atoms with van der Waals surface area (Å²) in [6.45, 7) is 2.64. The average Bonchev–Trinajstić information content (AvgIpc) is 2.23. The van der Waals surface area contributed by atoms with E-state index in [9.17, 15) is 14.2 Å². The number of hydrogen-bond acceptors (Lipinski definition) is 4. The molecule has 0 unspecified atom stereocenters. The molecule has 0 saturated heterocycles. The Morgan fingerprint density at radius 3 is 1.61 bits per heavy atom. The van der Waals surface area contributed by atoms with Crippen molar-refractivity contribution in [2.24, 2.45) is 0 Å². The van der Waals surface area contributed by atoms with Gasteiger partial charge < -0.3 is 35.1 Å². The van der Waals surface area contributed by atoms with E-state index < -0.39 is 26.7 Å². The maximum absolute atomic E-state index is 11.1. The summed E-state index contributed by atoms with van der Waals surface area (Å²) >= 11 is 0. The van der Waals surface area contributed by atoms with Gasteiger partial charge in [-0.25, -0.2) is 0 Å². The molecule has 0 heterocycles. The summed E-state index contributed by atoms with van der Waals surface area (Å²) in [7, 11) is -9.00. The van der Waals surface area contributed by atoms with Gasteiger partial charge >= 0.3 is 104 Å². The van der Waals surface area contributed by atoms with Crippen molar-refractivity contribution in [2.45, 2.75) is 37.7 Å². The fourth-order valence-electron chi connectivity index (χ4n) is 1.55. The Labute approximate surface area is 203 Å². The van der Waals surface area contributed by atoms with E-state index in [0.29, 0.717) is 6.54 Å². The van der Waals surface area contributed by atoms with Crippen LogP contribution in [0.4, 0.5) is 0 Å². The first-order chi connectivity index (χ1) is 8.45. The number of nitrogens with zero attached hydrogens (tertiary/aromatic N) is 1. The van der Waals surface area contributed by atoms with Gasteiger partial charge in [-0.15, -0.1) is 0 Å². The topological polar surface area (TPSA) is 170 Å². The Kier molecular flexibility index (Phi) is 26.0. The molecule has 130 valence electrons. The van der Waals surface area contributed by atoms with Crippen LogP contribution in [0.2, 0.25) is 0 Å². The van der Waals surface area contributed by atoms with Gasteiger partial charge in [0.1, 0.15) is 0 Å². The molecule has 0 rings (SSSR count). The van der Waals surface area contributed by atoms with E-state index in [1.165, 1.54) is 0 Å². The predicted molar refractivity (Wildman–Crippen MR) is 95.7 cm³/mol. The van der Waals surface area contributed by atoms with Crippen LogP contribution in [0.5, 0.6) is 0 Å². The summed E-state index contributed by atoms with van der Waals surface area (Å²) in [5.41, 5.74) is 0. The van der Waals surface area contributed by atoms with Crippen molar-refractivity contribution in [3.8, 4) is 0 Å². The van der Waals surface area contributed by atoms with Gasteiger partial charge in [0.15, 0.2) is 0 Å². The third-order valence-corrected chi connectivity index (χ3v) is 6.78. The number of hydrogen-bond donors (Lipinski definition) is 5. The molecule has 23 heavy (non-hydrogen) atoms.